The summed E-state index contributed by atoms with van der Waals surface area (Å²) in [6.45, 7) is 10.8. The first-order chi connectivity index (χ1) is 34.5. The fourth-order valence-electron chi connectivity index (χ4n) is 7.99. The van der Waals surface area contributed by atoms with Gasteiger partial charge in [0.05, 0.1) is 76.6 Å². The van der Waals surface area contributed by atoms with Crippen molar-refractivity contribution >= 4 is 11.9 Å². The molecule has 70 heavy (non-hydrogen) atoms. The monoisotopic (exact) mass is 963 g/mol. The number of pyridine rings is 2. The van der Waals surface area contributed by atoms with Crippen LogP contribution in [0.15, 0.2) is 111 Å². The lowest BCUT2D eigenvalue weighted by atomic mass is 10.1. The molecule has 0 amide bonds. The molecule has 1 saturated heterocycles. The van der Waals surface area contributed by atoms with E-state index in [9.17, 15) is 9.59 Å². The number of benzene rings is 2. The zero-order chi connectivity index (χ0) is 49.1. The van der Waals surface area contributed by atoms with Gasteiger partial charge in [-0.1, -0.05) is 164 Å². The average molecular weight is 963 g/mol. The molecule has 1 aliphatic heterocycles. The van der Waals surface area contributed by atoms with Gasteiger partial charge >= 0.3 is 11.9 Å². The van der Waals surface area contributed by atoms with E-state index in [0.29, 0.717) is 52.9 Å². The van der Waals surface area contributed by atoms with Crippen molar-refractivity contribution in [1.82, 2.24) is 9.97 Å². The highest BCUT2D eigenvalue weighted by atomic mass is 16.8. The lowest BCUT2D eigenvalue weighted by Gasteiger charge is -2.31. The van der Waals surface area contributed by atoms with Gasteiger partial charge in [0, 0.05) is 23.3 Å². The van der Waals surface area contributed by atoms with Crippen molar-refractivity contribution in [3.8, 4) is 34.0 Å². The van der Waals surface area contributed by atoms with Crippen LogP contribution in [-0.2, 0) is 51.2 Å². The minimum absolute atomic E-state index is 0.336. The molecule has 3 heterocycles. The van der Waals surface area contributed by atoms with Gasteiger partial charge in [0.25, 0.3) is 0 Å². The van der Waals surface area contributed by atoms with Gasteiger partial charge in [-0.25, -0.2) is 9.59 Å². The zero-order valence-corrected chi connectivity index (χ0v) is 41.6. The van der Waals surface area contributed by atoms with E-state index < -0.39 is 12.6 Å². The Hall–Kier alpha value is -5.40. The number of esters is 2. The third kappa shape index (κ3) is 23.0. The van der Waals surface area contributed by atoms with Crippen LogP contribution in [0.2, 0.25) is 0 Å². The van der Waals surface area contributed by atoms with Gasteiger partial charge in [0.1, 0.15) is 11.5 Å². The standard InChI is InChI=1S/C58H78N2O10/c1-3-55(61)65-39-23-19-15-11-7-5-9-13-17-21-37-63-51-33-35-53(59-43-51)49-29-25-47(26-30-49)45-69-57-58(68-42-41-67-57)70-46-48-27-31-50(32-28-48)54-36-34-52(44-60-54)64-38-22-18-14-10-6-8-12-16-20-24-40-66-56(62)4-2/h3-4,25-36,43-44,57-58H,1-2,5-24,37-42,45-46H2/t57-,58-/m0/s1. The van der Waals surface area contributed by atoms with Crippen LogP contribution in [0.5, 0.6) is 11.5 Å². The smallest absolute Gasteiger partial charge is 0.330 e. The largest absolute Gasteiger partial charge is 0.492 e. The van der Waals surface area contributed by atoms with E-state index in [1.54, 1.807) is 12.4 Å². The Balaban J connectivity index is 0.889. The third-order valence-electron chi connectivity index (χ3n) is 12.1. The van der Waals surface area contributed by atoms with Gasteiger partial charge in [-0.05, 0) is 61.1 Å². The summed E-state index contributed by atoms with van der Waals surface area (Å²) >= 11 is 0. The summed E-state index contributed by atoms with van der Waals surface area (Å²) in [5.41, 5.74) is 5.81. The number of rotatable bonds is 38. The summed E-state index contributed by atoms with van der Waals surface area (Å²) in [4.78, 5) is 31.4. The van der Waals surface area contributed by atoms with Crippen molar-refractivity contribution in [2.45, 2.75) is 154 Å². The van der Waals surface area contributed by atoms with Crippen molar-refractivity contribution in [2.24, 2.45) is 0 Å². The van der Waals surface area contributed by atoms with Crippen molar-refractivity contribution in [3.05, 3.63) is 122 Å². The maximum atomic E-state index is 11.0. The Bertz CT molecular complexity index is 1880. The molecule has 1 aliphatic rings. The molecule has 12 heteroatoms. The van der Waals surface area contributed by atoms with Crippen molar-refractivity contribution in [3.63, 3.8) is 0 Å². The average Bonchev–Trinajstić information content (AvgIpc) is 3.40. The Morgan fingerprint density at radius 2 is 0.786 bits per heavy atom. The summed E-state index contributed by atoms with van der Waals surface area (Å²) < 4.78 is 46.1. The molecular weight excluding hydrogens is 885 g/mol. The third-order valence-corrected chi connectivity index (χ3v) is 12.1. The van der Waals surface area contributed by atoms with Crippen LogP contribution in [0.1, 0.15) is 140 Å². The minimum atomic E-state index is -0.650. The Kier molecular flexibility index (Phi) is 27.6. The molecule has 380 valence electrons. The second-order valence-electron chi connectivity index (χ2n) is 17.8. The molecule has 4 aromatic rings. The van der Waals surface area contributed by atoms with Crippen LogP contribution >= 0.6 is 0 Å². The van der Waals surface area contributed by atoms with Crippen molar-refractivity contribution in [1.29, 1.82) is 0 Å². The van der Waals surface area contributed by atoms with E-state index in [2.05, 4.69) is 23.1 Å². The van der Waals surface area contributed by atoms with Crippen LogP contribution in [0, 0.1) is 0 Å². The number of hydrogen-bond donors (Lipinski definition) is 0. The van der Waals surface area contributed by atoms with E-state index in [1.165, 1.54) is 89.2 Å². The molecule has 0 saturated carbocycles. The first-order valence-electron chi connectivity index (χ1n) is 25.9. The highest BCUT2D eigenvalue weighted by Crippen LogP contribution is 2.24. The second kappa shape index (κ2) is 34.8. The summed E-state index contributed by atoms with van der Waals surface area (Å²) in [6.07, 6.45) is 28.0. The van der Waals surface area contributed by atoms with Gasteiger partial charge in [-0.15, -0.1) is 0 Å². The zero-order valence-electron chi connectivity index (χ0n) is 41.6. The van der Waals surface area contributed by atoms with E-state index in [1.807, 2.05) is 72.8 Å². The minimum Gasteiger partial charge on any atom is -0.492 e. The molecule has 0 bridgehead atoms. The van der Waals surface area contributed by atoms with E-state index >= 15 is 0 Å². The number of ether oxygens (including phenoxy) is 8. The molecule has 1 fully saturated rings. The fourth-order valence-corrected chi connectivity index (χ4v) is 7.99. The van der Waals surface area contributed by atoms with Crippen LogP contribution in [0.25, 0.3) is 22.5 Å². The first kappa shape index (κ1) is 55.5. The summed E-state index contributed by atoms with van der Waals surface area (Å²) in [5, 5.41) is 0. The van der Waals surface area contributed by atoms with Gasteiger partial charge in [-0.3, -0.25) is 9.97 Å². The summed E-state index contributed by atoms with van der Waals surface area (Å²) in [7, 11) is 0. The number of carbonyl (C=O) groups is 2. The van der Waals surface area contributed by atoms with E-state index in [-0.39, 0.29) is 11.9 Å². The SMILES string of the molecule is C=CC(=O)OCCCCCCCCCCCCOc1ccc(-c2ccc(CO[C@@H]3OCCO[C@H]3OCc3ccc(-c4ccc(OCCCCCCCCCCCCOC(=O)C=C)cn4)cc3)cc2)nc1. The molecule has 5 rings (SSSR count). The Morgan fingerprint density at radius 3 is 1.10 bits per heavy atom. The van der Waals surface area contributed by atoms with E-state index in [4.69, 9.17) is 37.9 Å². The molecule has 2 aromatic carbocycles. The molecule has 0 N–H and O–H groups in total. The number of hydrogen-bond acceptors (Lipinski definition) is 12. The Morgan fingerprint density at radius 1 is 0.457 bits per heavy atom. The molecule has 0 spiro atoms. The summed E-state index contributed by atoms with van der Waals surface area (Å²) in [6, 6.07) is 24.3. The Labute approximate surface area is 417 Å². The quantitative estimate of drug-likeness (QED) is 0.0240. The fraction of sp³-hybridized carbons (Fsp3) is 0.517. The van der Waals surface area contributed by atoms with Gasteiger partial charge in [0.2, 0.25) is 12.6 Å². The van der Waals surface area contributed by atoms with Gasteiger partial charge < -0.3 is 37.9 Å². The molecule has 12 nitrogen and oxygen atoms in total. The number of carbonyl (C=O) groups excluding carboxylic acids is 2. The van der Waals surface area contributed by atoms with Crippen LogP contribution in [0.4, 0.5) is 0 Å². The number of aromatic nitrogens is 2. The van der Waals surface area contributed by atoms with Gasteiger partial charge in [0.15, 0.2) is 0 Å². The lowest BCUT2D eigenvalue weighted by Crippen LogP contribution is -2.41. The molecular formula is C58H78N2O10. The van der Waals surface area contributed by atoms with Crippen molar-refractivity contribution in [2.75, 3.05) is 39.6 Å². The van der Waals surface area contributed by atoms with Crippen molar-refractivity contribution < 1.29 is 47.5 Å². The molecule has 0 radical (unpaired) electrons. The maximum Gasteiger partial charge on any atom is 0.330 e. The van der Waals surface area contributed by atoms with Crippen LogP contribution in [-0.4, -0.2) is 74.1 Å². The summed E-state index contributed by atoms with van der Waals surface area (Å²) in [5.74, 6) is 0.901. The highest BCUT2D eigenvalue weighted by Gasteiger charge is 2.29. The normalized spacial score (nSPS) is 14.5. The number of nitrogens with zero attached hydrogens (tertiary/aromatic N) is 2. The van der Waals surface area contributed by atoms with Crippen LogP contribution < -0.4 is 9.47 Å². The van der Waals surface area contributed by atoms with Crippen LogP contribution in [0.3, 0.4) is 0 Å². The second-order valence-corrected chi connectivity index (χ2v) is 17.8. The molecule has 2 atom stereocenters. The first-order valence-corrected chi connectivity index (χ1v) is 25.9. The predicted molar refractivity (Wildman–Crippen MR) is 274 cm³/mol. The van der Waals surface area contributed by atoms with Gasteiger partial charge in [-0.2, -0.15) is 0 Å². The predicted octanol–water partition coefficient (Wildman–Crippen LogP) is 13.3. The topological polar surface area (TPSA) is 134 Å². The molecule has 0 aliphatic carbocycles. The maximum absolute atomic E-state index is 11.0. The molecule has 0 unspecified atom stereocenters. The van der Waals surface area contributed by atoms with E-state index in [0.717, 1.165) is 96.5 Å². The lowest BCUT2D eigenvalue weighted by molar-refractivity contribution is -0.326. The molecule has 2 aromatic heterocycles. The number of unbranched alkanes of at least 4 members (excludes halogenated alkanes) is 18. The highest BCUT2D eigenvalue weighted by molar-refractivity contribution is 5.81.